The molecule has 1 amide bonds. The molecule has 3 aliphatic rings. The lowest BCUT2D eigenvalue weighted by Gasteiger charge is -2.44. The molecule has 4 nitrogen and oxygen atoms in total. The minimum absolute atomic E-state index is 0.227. The van der Waals surface area contributed by atoms with Crippen molar-refractivity contribution in [2.45, 2.75) is 39.0 Å². The summed E-state index contributed by atoms with van der Waals surface area (Å²) in [6, 6.07) is 0. The van der Waals surface area contributed by atoms with E-state index in [-0.39, 0.29) is 5.91 Å². The highest BCUT2D eigenvalue weighted by atomic mass is 16.5. The zero-order valence-corrected chi connectivity index (χ0v) is 13.6. The maximum atomic E-state index is 11.8. The summed E-state index contributed by atoms with van der Waals surface area (Å²) < 4.78 is 5.45. The lowest BCUT2D eigenvalue weighted by molar-refractivity contribution is -0.128. The van der Waals surface area contributed by atoms with Crippen LogP contribution in [0.2, 0.25) is 0 Å². The molecule has 1 spiro atoms. The summed E-state index contributed by atoms with van der Waals surface area (Å²) >= 11 is 0. The number of hydrogen-bond acceptors (Lipinski definition) is 3. The van der Waals surface area contributed by atoms with E-state index in [4.69, 9.17) is 4.74 Å². The van der Waals surface area contributed by atoms with Gasteiger partial charge in [-0.1, -0.05) is 6.42 Å². The highest BCUT2D eigenvalue weighted by Gasteiger charge is 2.48. The van der Waals surface area contributed by atoms with Gasteiger partial charge in [-0.2, -0.15) is 0 Å². The average molecular weight is 294 g/mol. The number of likely N-dealkylation sites (tertiary alicyclic amines) is 2. The van der Waals surface area contributed by atoms with Gasteiger partial charge < -0.3 is 14.5 Å². The molecule has 0 aromatic rings. The molecule has 3 rings (SSSR count). The van der Waals surface area contributed by atoms with Crippen LogP contribution in [0.4, 0.5) is 0 Å². The first-order valence-corrected chi connectivity index (χ1v) is 8.60. The van der Waals surface area contributed by atoms with Crippen molar-refractivity contribution in [3.05, 3.63) is 0 Å². The van der Waals surface area contributed by atoms with Gasteiger partial charge in [0.05, 0.1) is 6.61 Å². The number of ether oxygens (including phenoxy) is 1. The van der Waals surface area contributed by atoms with Gasteiger partial charge in [0.2, 0.25) is 5.91 Å². The molecule has 0 unspecified atom stereocenters. The third-order valence-electron chi connectivity index (χ3n) is 6.22. The molecule has 1 atom stereocenters. The van der Waals surface area contributed by atoms with Crippen LogP contribution in [0.25, 0.3) is 0 Å². The van der Waals surface area contributed by atoms with Gasteiger partial charge in [-0.25, -0.2) is 0 Å². The van der Waals surface area contributed by atoms with E-state index in [0.29, 0.717) is 11.3 Å². The summed E-state index contributed by atoms with van der Waals surface area (Å²) in [5.41, 5.74) is 0.317. The van der Waals surface area contributed by atoms with Crippen molar-refractivity contribution in [1.82, 2.24) is 9.80 Å². The Morgan fingerprint density at radius 1 is 1.29 bits per heavy atom. The minimum atomic E-state index is 0.227. The molecule has 0 aromatic carbocycles. The summed E-state index contributed by atoms with van der Waals surface area (Å²) in [7, 11) is 1.79. The second-order valence-electron chi connectivity index (χ2n) is 7.51. The number of piperidine rings is 1. The molecule has 0 bridgehead atoms. The Morgan fingerprint density at radius 3 is 2.52 bits per heavy atom. The molecule has 2 saturated heterocycles. The lowest BCUT2D eigenvalue weighted by Crippen LogP contribution is -2.47. The van der Waals surface area contributed by atoms with Gasteiger partial charge in [-0.15, -0.1) is 0 Å². The van der Waals surface area contributed by atoms with Crippen molar-refractivity contribution in [3.8, 4) is 0 Å². The smallest absolute Gasteiger partial charge is 0.219 e. The second kappa shape index (κ2) is 6.25. The van der Waals surface area contributed by atoms with Crippen molar-refractivity contribution >= 4 is 5.91 Å². The van der Waals surface area contributed by atoms with Crippen LogP contribution in [0.1, 0.15) is 39.0 Å². The first-order valence-electron chi connectivity index (χ1n) is 8.60. The van der Waals surface area contributed by atoms with E-state index < -0.39 is 0 Å². The molecule has 0 aromatic heterocycles. The van der Waals surface area contributed by atoms with Crippen LogP contribution < -0.4 is 0 Å². The SMILES string of the molecule is COC[C@@H]1CN(C(C)=O)CC12CCN(CC1CCC1)CC2. The highest BCUT2D eigenvalue weighted by Crippen LogP contribution is 2.45. The first-order chi connectivity index (χ1) is 10.1. The standard InChI is InChI=1S/C17H30N2O2/c1-14(20)19-11-16(12-21-2)17(13-19)6-8-18(9-7-17)10-15-4-3-5-15/h15-16H,3-13H2,1-2H3/t16-/m0/s1. The number of carbonyl (C=O) groups is 1. The number of hydrogen-bond donors (Lipinski definition) is 0. The van der Waals surface area contributed by atoms with E-state index >= 15 is 0 Å². The quantitative estimate of drug-likeness (QED) is 0.795. The van der Waals surface area contributed by atoms with Gasteiger partial charge in [0.15, 0.2) is 0 Å². The summed E-state index contributed by atoms with van der Waals surface area (Å²) in [5, 5.41) is 0. The molecule has 1 aliphatic carbocycles. The molecule has 1 saturated carbocycles. The van der Waals surface area contributed by atoms with Gasteiger partial charge in [-0.3, -0.25) is 4.79 Å². The zero-order chi connectivity index (χ0) is 14.9. The Labute approximate surface area is 128 Å². The van der Waals surface area contributed by atoms with Gasteiger partial charge in [0.25, 0.3) is 0 Å². The van der Waals surface area contributed by atoms with Crippen molar-refractivity contribution in [1.29, 1.82) is 0 Å². The van der Waals surface area contributed by atoms with Gasteiger partial charge >= 0.3 is 0 Å². The second-order valence-corrected chi connectivity index (χ2v) is 7.51. The summed E-state index contributed by atoms with van der Waals surface area (Å²) in [6.07, 6.45) is 6.78. The van der Waals surface area contributed by atoms with E-state index in [0.717, 1.165) is 25.6 Å². The van der Waals surface area contributed by atoms with Gasteiger partial charge in [0, 0.05) is 39.6 Å². The molecule has 0 radical (unpaired) electrons. The van der Waals surface area contributed by atoms with E-state index in [2.05, 4.69) is 4.90 Å². The fourth-order valence-corrected chi connectivity index (χ4v) is 4.49. The number of nitrogens with zero attached hydrogens (tertiary/aromatic N) is 2. The summed E-state index contributed by atoms with van der Waals surface area (Å²) in [5.74, 6) is 1.72. The minimum Gasteiger partial charge on any atom is -0.384 e. The monoisotopic (exact) mass is 294 g/mol. The molecular formula is C17H30N2O2. The third-order valence-corrected chi connectivity index (χ3v) is 6.22. The Bertz CT molecular complexity index is 373. The molecule has 3 fully saturated rings. The van der Waals surface area contributed by atoms with Crippen LogP contribution in [-0.2, 0) is 9.53 Å². The van der Waals surface area contributed by atoms with Crippen molar-refractivity contribution in [3.63, 3.8) is 0 Å². The number of carbonyl (C=O) groups excluding carboxylic acids is 1. The first kappa shape index (κ1) is 15.3. The van der Waals surface area contributed by atoms with Crippen molar-refractivity contribution in [2.24, 2.45) is 17.3 Å². The number of methoxy groups -OCH3 is 1. The van der Waals surface area contributed by atoms with Crippen LogP contribution in [0.5, 0.6) is 0 Å². The molecule has 120 valence electrons. The van der Waals surface area contributed by atoms with Crippen LogP contribution in [-0.4, -0.2) is 62.1 Å². The van der Waals surface area contributed by atoms with Crippen molar-refractivity contribution < 1.29 is 9.53 Å². The maximum absolute atomic E-state index is 11.8. The van der Waals surface area contributed by atoms with Crippen LogP contribution in [0.15, 0.2) is 0 Å². The molecular weight excluding hydrogens is 264 g/mol. The maximum Gasteiger partial charge on any atom is 0.219 e. The highest BCUT2D eigenvalue weighted by molar-refractivity contribution is 5.73. The summed E-state index contributed by atoms with van der Waals surface area (Å²) in [6.45, 7) is 8.08. The average Bonchev–Trinajstić information content (AvgIpc) is 2.76. The molecule has 2 heterocycles. The Morgan fingerprint density at radius 2 is 2.00 bits per heavy atom. The Kier molecular flexibility index (Phi) is 4.55. The van der Waals surface area contributed by atoms with E-state index in [1.54, 1.807) is 14.0 Å². The zero-order valence-electron chi connectivity index (χ0n) is 13.6. The van der Waals surface area contributed by atoms with Gasteiger partial charge in [0.1, 0.15) is 0 Å². The van der Waals surface area contributed by atoms with Gasteiger partial charge in [-0.05, 0) is 50.1 Å². The van der Waals surface area contributed by atoms with Crippen LogP contribution >= 0.6 is 0 Å². The van der Waals surface area contributed by atoms with E-state index in [9.17, 15) is 4.79 Å². The topological polar surface area (TPSA) is 32.8 Å². The normalized spacial score (nSPS) is 29.8. The fraction of sp³-hybridized carbons (Fsp3) is 0.941. The predicted molar refractivity (Wildman–Crippen MR) is 83.1 cm³/mol. The molecule has 4 heteroatoms. The van der Waals surface area contributed by atoms with Crippen LogP contribution in [0.3, 0.4) is 0 Å². The van der Waals surface area contributed by atoms with Crippen LogP contribution in [0, 0.1) is 17.3 Å². The third kappa shape index (κ3) is 3.11. The van der Waals surface area contributed by atoms with E-state index in [1.807, 2.05) is 4.90 Å². The molecule has 21 heavy (non-hydrogen) atoms. The Balaban J connectivity index is 1.59. The van der Waals surface area contributed by atoms with Crippen molar-refractivity contribution in [2.75, 3.05) is 46.4 Å². The summed E-state index contributed by atoms with van der Waals surface area (Å²) in [4.78, 5) is 16.5. The molecule has 0 N–H and O–H groups in total. The predicted octanol–water partition coefficient (Wildman–Crippen LogP) is 1.99. The van der Waals surface area contributed by atoms with E-state index in [1.165, 1.54) is 51.7 Å². The lowest BCUT2D eigenvalue weighted by atomic mass is 9.71. The molecule has 2 aliphatic heterocycles. The largest absolute Gasteiger partial charge is 0.384 e. The number of rotatable bonds is 4. The Hall–Kier alpha value is -0.610. The fourth-order valence-electron chi connectivity index (χ4n) is 4.49. The number of amides is 1.